The minimum atomic E-state index is 0.171. The Morgan fingerprint density at radius 1 is 1.44 bits per heavy atom. The largest absolute Gasteiger partial charge is 0.368 e. The topological polar surface area (TPSA) is 69.6 Å². The van der Waals surface area contributed by atoms with Gasteiger partial charge in [-0.2, -0.15) is 9.97 Å². The fraction of sp³-hybridized carbons (Fsp3) is 0.333. The number of rotatable bonds is 2. The highest BCUT2D eigenvalue weighted by molar-refractivity contribution is 6.33. The molecule has 93 valence electrons. The predicted octanol–water partition coefficient (Wildman–Crippen LogP) is 2.40. The number of hydrogen-bond acceptors (Lipinski definition) is 4. The first-order valence-corrected chi connectivity index (χ1v) is 6.20. The van der Waals surface area contributed by atoms with Gasteiger partial charge in [0.2, 0.25) is 5.95 Å². The normalized spacial score (nSPS) is 23.0. The maximum atomic E-state index is 6.00. The van der Waals surface area contributed by atoms with E-state index in [4.69, 9.17) is 17.3 Å². The summed E-state index contributed by atoms with van der Waals surface area (Å²) in [5, 5.41) is 0.298. The third-order valence-corrected chi connectivity index (χ3v) is 3.54. The highest BCUT2D eigenvalue weighted by atomic mass is 35.5. The third-order valence-electron chi connectivity index (χ3n) is 3.27. The average Bonchev–Trinajstić information content (AvgIpc) is 2.93. The van der Waals surface area contributed by atoms with Crippen LogP contribution in [0.3, 0.4) is 0 Å². The first-order valence-electron chi connectivity index (χ1n) is 5.82. The molecular weight excluding hydrogens is 250 g/mol. The summed E-state index contributed by atoms with van der Waals surface area (Å²) in [6.07, 6.45) is 8.00. The van der Waals surface area contributed by atoms with Gasteiger partial charge in [-0.25, -0.2) is 4.98 Å². The van der Waals surface area contributed by atoms with E-state index >= 15 is 0 Å². The molecule has 0 amide bonds. The molecule has 0 aliphatic heterocycles. The first kappa shape index (κ1) is 11.5. The highest BCUT2D eigenvalue weighted by Crippen LogP contribution is 2.32. The minimum Gasteiger partial charge on any atom is -0.368 e. The van der Waals surface area contributed by atoms with Gasteiger partial charge in [-0.3, -0.25) is 0 Å². The van der Waals surface area contributed by atoms with Crippen LogP contribution >= 0.6 is 11.6 Å². The van der Waals surface area contributed by atoms with Crippen molar-refractivity contribution in [2.24, 2.45) is 5.92 Å². The number of anilines is 1. The Bertz CT molecular complexity index is 618. The van der Waals surface area contributed by atoms with E-state index in [9.17, 15) is 0 Å². The molecule has 2 N–H and O–H groups in total. The summed E-state index contributed by atoms with van der Waals surface area (Å²) in [5.41, 5.74) is 6.91. The van der Waals surface area contributed by atoms with Gasteiger partial charge in [0.05, 0.1) is 12.4 Å². The van der Waals surface area contributed by atoms with Crippen LogP contribution in [0, 0.1) is 12.8 Å². The lowest BCUT2D eigenvalue weighted by molar-refractivity contribution is 0.514. The number of aromatic nitrogens is 4. The molecule has 2 aromatic rings. The van der Waals surface area contributed by atoms with Crippen LogP contribution in [-0.4, -0.2) is 19.5 Å². The van der Waals surface area contributed by atoms with E-state index in [1.54, 1.807) is 6.33 Å². The maximum absolute atomic E-state index is 6.00. The van der Waals surface area contributed by atoms with Gasteiger partial charge in [-0.15, -0.1) is 0 Å². The fourth-order valence-electron chi connectivity index (χ4n) is 2.31. The van der Waals surface area contributed by atoms with Crippen molar-refractivity contribution in [1.29, 1.82) is 0 Å². The predicted molar refractivity (Wildman–Crippen MR) is 71.0 cm³/mol. The van der Waals surface area contributed by atoms with Gasteiger partial charge in [0, 0.05) is 0 Å². The second-order valence-electron chi connectivity index (χ2n) is 4.43. The monoisotopic (exact) mass is 262 g/mol. The van der Waals surface area contributed by atoms with Crippen molar-refractivity contribution >= 4 is 28.7 Å². The standard InChI is InChI=1S/C12H13ClN5/c1-2-7-3-4-8(5-7)18-6-15-9-10(13)16-12(14)17-11(9)18/h3-4,6-8H,1-2,5H2,(H2,14,16,17). The van der Waals surface area contributed by atoms with E-state index in [0.717, 1.165) is 12.8 Å². The van der Waals surface area contributed by atoms with Crippen molar-refractivity contribution in [1.82, 2.24) is 19.5 Å². The Morgan fingerprint density at radius 3 is 3.00 bits per heavy atom. The van der Waals surface area contributed by atoms with Crippen LogP contribution < -0.4 is 5.73 Å². The molecule has 1 radical (unpaired) electrons. The second kappa shape index (κ2) is 4.24. The number of nitrogen functional groups attached to an aromatic ring is 1. The van der Waals surface area contributed by atoms with E-state index in [2.05, 4.69) is 34.0 Å². The minimum absolute atomic E-state index is 0.171. The van der Waals surface area contributed by atoms with Gasteiger partial charge in [0.25, 0.3) is 0 Å². The molecule has 1 aliphatic rings. The van der Waals surface area contributed by atoms with Crippen molar-refractivity contribution in [3.8, 4) is 0 Å². The molecule has 2 unspecified atom stereocenters. The Morgan fingerprint density at radius 2 is 2.28 bits per heavy atom. The summed E-state index contributed by atoms with van der Waals surface area (Å²) >= 11 is 6.00. The molecule has 0 bridgehead atoms. The summed E-state index contributed by atoms with van der Waals surface area (Å²) < 4.78 is 1.99. The average molecular weight is 263 g/mol. The molecule has 2 aromatic heterocycles. The van der Waals surface area contributed by atoms with Crippen LogP contribution in [0.25, 0.3) is 11.2 Å². The highest BCUT2D eigenvalue weighted by Gasteiger charge is 2.22. The quantitative estimate of drug-likeness (QED) is 0.666. The number of nitrogens with zero attached hydrogens (tertiary/aromatic N) is 4. The molecule has 18 heavy (non-hydrogen) atoms. The number of imidazole rings is 1. The van der Waals surface area contributed by atoms with Crippen molar-refractivity contribution in [2.75, 3.05) is 5.73 Å². The van der Waals surface area contributed by atoms with Crippen LogP contribution in [0.15, 0.2) is 18.5 Å². The summed E-state index contributed by atoms with van der Waals surface area (Å²) in [4.78, 5) is 12.4. The van der Waals surface area contributed by atoms with E-state index < -0.39 is 0 Å². The number of hydrogen-bond donors (Lipinski definition) is 1. The van der Waals surface area contributed by atoms with Gasteiger partial charge in [0.1, 0.15) is 5.52 Å². The molecule has 5 nitrogen and oxygen atoms in total. The van der Waals surface area contributed by atoms with E-state index in [-0.39, 0.29) is 12.0 Å². The van der Waals surface area contributed by atoms with Crippen molar-refractivity contribution in [2.45, 2.75) is 18.9 Å². The smallest absolute Gasteiger partial charge is 0.223 e. The Kier molecular flexibility index (Phi) is 2.70. The molecule has 3 rings (SSSR count). The summed E-state index contributed by atoms with van der Waals surface area (Å²) in [6, 6.07) is 0.243. The molecule has 6 heteroatoms. The molecule has 2 heterocycles. The van der Waals surface area contributed by atoms with E-state index in [1.165, 1.54) is 0 Å². The summed E-state index contributed by atoms with van der Waals surface area (Å²) in [7, 11) is 0. The van der Waals surface area contributed by atoms with Gasteiger partial charge >= 0.3 is 0 Å². The molecule has 0 aromatic carbocycles. The molecular formula is C12H13ClN5. The number of allylic oxidation sites excluding steroid dienone is 2. The molecule has 0 saturated heterocycles. The van der Waals surface area contributed by atoms with Crippen LogP contribution in [0.4, 0.5) is 5.95 Å². The van der Waals surface area contributed by atoms with Crippen molar-refractivity contribution in [3.63, 3.8) is 0 Å². The Labute approximate surface area is 110 Å². The third kappa shape index (κ3) is 1.75. The fourth-order valence-corrected chi connectivity index (χ4v) is 2.53. The lowest BCUT2D eigenvalue weighted by Crippen LogP contribution is -2.06. The van der Waals surface area contributed by atoms with Crippen molar-refractivity contribution in [3.05, 3.63) is 30.6 Å². The van der Waals surface area contributed by atoms with E-state index in [1.807, 2.05) is 4.57 Å². The second-order valence-corrected chi connectivity index (χ2v) is 4.79. The molecule has 2 atom stereocenters. The van der Waals surface area contributed by atoms with Gasteiger partial charge < -0.3 is 10.3 Å². The number of nitrogens with two attached hydrogens (primary N) is 1. The zero-order chi connectivity index (χ0) is 12.7. The number of fused-ring (bicyclic) bond motifs is 1. The van der Waals surface area contributed by atoms with Gasteiger partial charge in [-0.1, -0.05) is 30.7 Å². The Hall–Kier alpha value is -1.62. The van der Waals surface area contributed by atoms with Crippen LogP contribution in [-0.2, 0) is 0 Å². The van der Waals surface area contributed by atoms with Crippen LogP contribution in [0.1, 0.15) is 18.9 Å². The zero-order valence-electron chi connectivity index (χ0n) is 9.75. The first-order chi connectivity index (χ1) is 8.69. The lowest BCUT2D eigenvalue weighted by atomic mass is 10.1. The molecule has 1 aliphatic carbocycles. The molecule has 0 fully saturated rings. The van der Waals surface area contributed by atoms with Crippen molar-refractivity contribution < 1.29 is 0 Å². The summed E-state index contributed by atoms with van der Waals surface area (Å²) in [5.74, 6) is 0.687. The zero-order valence-corrected chi connectivity index (χ0v) is 10.5. The van der Waals surface area contributed by atoms with Crippen LogP contribution in [0.5, 0.6) is 0 Å². The Balaban J connectivity index is 2.06. The van der Waals surface area contributed by atoms with Crippen LogP contribution in [0.2, 0.25) is 5.15 Å². The summed E-state index contributed by atoms with van der Waals surface area (Å²) in [6.45, 7) is 3.93. The molecule has 0 spiro atoms. The molecule has 0 saturated carbocycles. The van der Waals surface area contributed by atoms with Gasteiger partial charge in [0.15, 0.2) is 10.8 Å². The van der Waals surface area contributed by atoms with Gasteiger partial charge in [-0.05, 0) is 18.8 Å². The SMILES string of the molecule is [CH2]CC1C=CC(n2cnc3c(Cl)nc(N)nc32)C1. The number of halogens is 1. The maximum Gasteiger partial charge on any atom is 0.223 e. The lowest BCUT2D eigenvalue weighted by Gasteiger charge is -2.12. The van der Waals surface area contributed by atoms with E-state index in [0.29, 0.717) is 22.2 Å².